The fourth-order valence-electron chi connectivity index (χ4n) is 2.66. The van der Waals surface area contributed by atoms with Crippen molar-refractivity contribution in [3.05, 3.63) is 58.7 Å². The van der Waals surface area contributed by atoms with E-state index < -0.39 is 23.4 Å². The molecule has 0 radical (unpaired) electrons. The molecule has 0 aliphatic rings. The first kappa shape index (κ1) is 16.2. The van der Waals surface area contributed by atoms with E-state index in [2.05, 4.69) is 0 Å². The number of rotatable bonds is 2. The van der Waals surface area contributed by atoms with Crippen molar-refractivity contribution in [1.29, 1.82) is 0 Å². The molecule has 1 aromatic heterocycles. The minimum atomic E-state index is -4.71. The number of fused-ring (bicyclic) bond motifs is 1. The highest BCUT2D eigenvalue weighted by atomic mass is 35.5. The van der Waals surface area contributed by atoms with Gasteiger partial charge >= 0.3 is 12.1 Å². The van der Waals surface area contributed by atoms with Gasteiger partial charge in [-0.1, -0.05) is 29.8 Å². The van der Waals surface area contributed by atoms with Gasteiger partial charge in [-0.2, -0.15) is 17.9 Å². The minimum Gasteiger partial charge on any atom is -0.476 e. The summed E-state index contributed by atoms with van der Waals surface area (Å²) in [7, 11) is 0. The zero-order valence-electron chi connectivity index (χ0n) is 11.8. The Morgan fingerprint density at radius 2 is 1.71 bits per heavy atom. The maximum Gasteiger partial charge on any atom is 0.417 e. The summed E-state index contributed by atoms with van der Waals surface area (Å²) in [6, 6.07) is 8.82. The number of nitrogens with zero attached hydrogens (tertiary/aromatic N) is 1. The second kappa shape index (κ2) is 5.45. The van der Waals surface area contributed by atoms with Gasteiger partial charge in [0.05, 0.1) is 11.1 Å². The lowest BCUT2D eigenvalue weighted by molar-refractivity contribution is -0.136. The number of alkyl halides is 3. The molecule has 0 aliphatic carbocycles. The predicted molar refractivity (Wildman–Crippen MR) is 81.5 cm³/mol. The maximum absolute atomic E-state index is 13.4. The molecule has 3 rings (SSSR count). The standard InChI is InChI=1S/C16H9ClF3NO3/c17-9-6-4-8(5-7-9)12-13-10(16(18,19)20)2-1-3-11(13)21(24)14(12)15(22)23/h1-7,24H,(H,22,23). The van der Waals surface area contributed by atoms with Gasteiger partial charge in [-0.3, -0.25) is 0 Å². The summed E-state index contributed by atoms with van der Waals surface area (Å²) < 4.78 is 40.3. The van der Waals surface area contributed by atoms with Crippen LogP contribution in [0.15, 0.2) is 42.5 Å². The molecule has 2 aromatic carbocycles. The third-order valence-corrected chi connectivity index (χ3v) is 3.86. The molecule has 3 aromatic rings. The minimum absolute atomic E-state index is 0.200. The summed E-state index contributed by atoms with van der Waals surface area (Å²) in [5.41, 5.74) is -1.94. The first-order valence-corrected chi connectivity index (χ1v) is 7.02. The molecule has 0 atom stereocenters. The van der Waals surface area contributed by atoms with Gasteiger partial charge in [0.15, 0.2) is 5.69 Å². The van der Waals surface area contributed by atoms with Gasteiger partial charge in [0.25, 0.3) is 0 Å². The molecule has 0 spiro atoms. The van der Waals surface area contributed by atoms with E-state index in [1.165, 1.54) is 30.3 Å². The van der Waals surface area contributed by atoms with Crippen LogP contribution in [0.4, 0.5) is 13.2 Å². The van der Waals surface area contributed by atoms with Crippen molar-refractivity contribution in [2.75, 3.05) is 0 Å². The van der Waals surface area contributed by atoms with E-state index in [-0.39, 0.29) is 26.8 Å². The zero-order valence-corrected chi connectivity index (χ0v) is 12.6. The molecular weight excluding hydrogens is 347 g/mol. The van der Waals surface area contributed by atoms with Crippen molar-refractivity contribution < 1.29 is 28.3 Å². The Morgan fingerprint density at radius 1 is 1.08 bits per heavy atom. The van der Waals surface area contributed by atoms with E-state index in [0.29, 0.717) is 5.02 Å². The average Bonchev–Trinajstić information content (AvgIpc) is 2.80. The van der Waals surface area contributed by atoms with Crippen LogP contribution in [0.2, 0.25) is 5.02 Å². The Hall–Kier alpha value is -2.67. The van der Waals surface area contributed by atoms with Crippen molar-refractivity contribution >= 4 is 28.5 Å². The molecule has 0 bridgehead atoms. The molecule has 2 N–H and O–H groups in total. The van der Waals surface area contributed by atoms with Crippen molar-refractivity contribution in [2.45, 2.75) is 6.18 Å². The number of carbonyl (C=O) groups is 1. The van der Waals surface area contributed by atoms with Crippen LogP contribution >= 0.6 is 11.6 Å². The van der Waals surface area contributed by atoms with Crippen LogP contribution in [0, 0.1) is 0 Å². The van der Waals surface area contributed by atoms with Gasteiger partial charge in [-0.05, 0) is 29.8 Å². The fourth-order valence-corrected chi connectivity index (χ4v) is 2.78. The summed E-state index contributed by atoms with van der Waals surface area (Å²) >= 11 is 5.78. The molecule has 124 valence electrons. The van der Waals surface area contributed by atoms with Crippen LogP contribution in [0.5, 0.6) is 0 Å². The van der Waals surface area contributed by atoms with Gasteiger partial charge in [0, 0.05) is 16.0 Å². The van der Waals surface area contributed by atoms with Gasteiger partial charge in [-0.15, -0.1) is 0 Å². The molecule has 1 heterocycles. The number of carboxylic acid groups (broad SMARTS) is 1. The number of benzene rings is 2. The van der Waals surface area contributed by atoms with Crippen molar-refractivity contribution in [2.24, 2.45) is 0 Å². The number of halogens is 4. The van der Waals surface area contributed by atoms with E-state index in [0.717, 1.165) is 12.1 Å². The topological polar surface area (TPSA) is 62.5 Å². The fraction of sp³-hybridized carbons (Fsp3) is 0.0625. The number of aromatic carboxylic acids is 1. The van der Waals surface area contributed by atoms with Crippen molar-refractivity contribution in [3.8, 4) is 11.1 Å². The highest BCUT2D eigenvalue weighted by molar-refractivity contribution is 6.30. The van der Waals surface area contributed by atoms with E-state index in [9.17, 15) is 28.3 Å². The molecule has 0 saturated carbocycles. The van der Waals surface area contributed by atoms with E-state index in [1.807, 2.05) is 0 Å². The summed E-state index contributed by atoms with van der Waals surface area (Å²) in [5.74, 6) is -1.55. The first-order chi connectivity index (χ1) is 11.2. The average molecular weight is 356 g/mol. The van der Waals surface area contributed by atoms with Gasteiger partial charge < -0.3 is 10.3 Å². The summed E-state index contributed by atoms with van der Waals surface area (Å²) in [6.07, 6.45) is -4.71. The Labute approximate surface area is 138 Å². The molecule has 8 heteroatoms. The third kappa shape index (κ3) is 2.46. The van der Waals surface area contributed by atoms with Crippen LogP contribution in [-0.2, 0) is 6.18 Å². The summed E-state index contributed by atoms with van der Waals surface area (Å²) in [6.45, 7) is 0. The van der Waals surface area contributed by atoms with Crippen LogP contribution in [0.3, 0.4) is 0 Å². The molecule has 0 saturated heterocycles. The lowest BCUT2D eigenvalue weighted by Crippen LogP contribution is -2.06. The van der Waals surface area contributed by atoms with E-state index in [4.69, 9.17) is 11.6 Å². The number of carboxylic acids is 1. The quantitative estimate of drug-likeness (QED) is 0.642. The Morgan fingerprint density at radius 3 is 2.25 bits per heavy atom. The molecular formula is C16H9ClF3NO3. The number of hydrogen-bond acceptors (Lipinski definition) is 2. The van der Waals surface area contributed by atoms with Crippen molar-refractivity contribution in [1.82, 2.24) is 4.73 Å². The van der Waals surface area contributed by atoms with Crippen LogP contribution in [0.1, 0.15) is 16.1 Å². The largest absolute Gasteiger partial charge is 0.476 e. The third-order valence-electron chi connectivity index (χ3n) is 3.61. The smallest absolute Gasteiger partial charge is 0.417 e. The van der Waals surface area contributed by atoms with Gasteiger partial charge in [0.1, 0.15) is 0 Å². The van der Waals surface area contributed by atoms with Crippen LogP contribution < -0.4 is 0 Å². The second-order valence-electron chi connectivity index (χ2n) is 5.04. The number of aromatic nitrogens is 1. The van der Waals surface area contributed by atoms with Gasteiger partial charge in [0.2, 0.25) is 0 Å². The lowest BCUT2D eigenvalue weighted by atomic mass is 9.98. The predicted octanol–water partition coefficient (Wildman–Crippen LogP) is 4.92. The molecule has 0 aliphatic heterocycles. The van der Waals surface area contributed by atoms with Crippen LogP contribution in [0.25, 0.3) is 22.0 Å². The highest BCUT2D eigenvalue weighted by Crippen LogP contribution is 2.42. The molecule has 24 heavy (non-hydrogen) atoms. The Bertz CT molecular complexity index is 946. The summed E-state index contributed by atoms with van der Waals surface area (Å²) in [4.78, 5) is 11.5. The van der Waals surface area contributed by atoms with E-state index in [1.54, 1.807) is 0 Å². The van der Waals surface area contributed by atoms with E-state index >= 15 is 0 Å². The molecule has 4 nitrogen and oxygen atoms in total. The highest BCUT2D eigenvalue weighted by Gasteiger charge is 2.36. The lowest BCUT2D eigenvalue weighted by Gasteiger charge is -2.10. The second-order valence-corrected chi connectivity index (χ2v) is 5.48. The first-order valence-electron chi connectivity index (χ1n) is 6.65. The normalized spacial score (nSPS) is 11.8. The molecule has 0 unspecified atom stereocenters. The monoisotopic (exact) mass is 355 g/mol. The molecule has 0 amide bonds. The molecule has 0 fully saturated rings. The number of hydrogen-bond donors (Lipinski definition) is 2. The van der Waals surface area contributed by atoms with Gasteiger partial charge in [-0.25, -0.2) is 4.79 Å². The van der Waals surface area contributed by atoms with Crippen molar-refractivity contribution in [3.63, 3.8) is 0 Å². The SMILES string of the molecule is O=C(O)c1c(-c2ccc(Cl)cc2)c2c(C(F)(F)F)cccc2n1O. The Kier molecular flexibility index (Phi) is 3.68. The Balaban J connectivity index is 2.51. The van der Waals surface area contributed by atoms with Crippen LogP contribution in [-0.4, -0.2) is 21.0 Å². The maximum atomic E-state index is 13.4. The zero-order chi connectivity index (χ0) is 17.6. The summed E-state index contributed by atoms with van der Waals surface area (Å²) in [5, 5.41) is 19.4.